The van der Waals surface area contributed by atoms with Crippen molar-refractivity contribution in [2.75, 3.05) is 26.7 Å². The molecule has 1 N–H and O–H groups in total. The maximum Gasteiger partial charge on any atom is 0.417 e. The van der Waals surface area contributed by atoms with E-state index in [9.17, 15) is 18.0 Å². The molecule has 3 rings (SSSR count). The zero-order valence-corrected chi connectivity index (χ0v) is 14.8. The number of benzene rings is 1. The summed E-state index contributed by atoms with van der Waals surface area (Å²) in [6.07, 6.45) is -2.73. The monoisotopic (exact) mass is 379 g/mol. The van der Waals surface area contributed by atoms with Gasteiger partial charge in [-0.05, 0) is 56.3 Å². The van der Waals surface area contributed by atoms with E-state index in [1.165, 1.54) is 0 Å². The number of nitrogens with zero attached hydrogens (tertiary/aromatic N) is 2. The molecule has 0 radical (unpaired) electrons. The lowest BCUT2D eigenvalue weighted by Crippen LogP contribution is -2.30. The molecular weight excluding hydrogens is 359 g/mol. The number of alkyl halides is 3. The van der Waals surface area contributed by atoms with Gasteiger partial charge < -0.3 is 15.0 Å². The summed E-state index contributed by atoms with van der Waals surface area (Å²) < 4.78 is 43.1. The molecule has 1 aliphatic heterocycles. The summed E-state index contributed by atoms with van der Waals surface area (Å²) in [5.74, 6) is 0.880. The third kappa shape index (κ3) is 4.77. The summed E-state index contributed by atoms with van der Waals surface area (Å²) in [4.78, 5) is 18.0. The number of nitrogens with one attached hydrogen (secondary N) is 1. The highest BCUT2D eigenvalue weighted by Crippen LogP contribution is 2.30. The molecule has 1 atom stereocenters. The number of carbonyl (C=O) groups excluding carboxylic acids is 1. The number of rotatable bonds is 5. The third-order valence-electron chi connectivity index (χ3n) is 4.45. The van der Waals surface area contributed by atoms with Gasteiger partial charge in [0.15, 0.2) is 0 Å². The molecule has 0 saturated carbocycles. The van der Waals surface area contributed by atoms with E-state index in [-0.39, 0.29) is 11.8 Å². The molecule has 1 saturated heterocycles. The smallest absolute Gasteiger partial charge is 0.417 e. The van der Waals surface area contributed by atoms with Crippen LogP contribution < -0.4 is 10.1 Å². The fraction of sp³-hybridized carbons (Fsp3) is 0.368. The predicted molar refractivity (Wildman–Crippen MR) is 93.7 cm³/mol. The fourth-order valence-electron chi connectivity index (χ4n) is 3.05. The summed E-state index contributed by atoms with van der Waals surface area (Å²) in [6.45, 7) is 2.35. The molecular formula is C19H20F3N3O2. The van der Waals surface area contributed by atoms with E-state index in [0.717, 1.165) is 44.4 Å². The molecule has 0 spiro atoms. The number of aromatic nitrogens is 1. The largest absolute Gasteiger partial charge is 0.439 e. The van der Waals surface area contributed by atoms with Gasteiger partial charge in [-0.15, -0.1) is 0 Å². The summed E-state index contributed by atoms with van der Waals surface area (Å²) in [5, 5.41) is 3.13. The average Bonchev–Trinajstić information content (AvgIpc) is 3.10. The van der Waals surface area contributed by atoms with Gasteiger partial charge in [0.25, 0.3) is 5.91 Å². The number of hydrogen-bond donors (Lipinski definition) is 1. The van der Waals surface area contributed by atoms with Crippen molar-refractivity contribution < 1.29 is 22.7 Å². The molecule has 1 fully saturated rings. The highest BCUT2D eigenvalue weighted by molar-refractivity contribution is 5.94. The van der Waals surface area contributed by atoms with Gasteiger partial charge in [-0.1, -0.05) is 0 Å². The second kappa shape index (κ2) is 7.96. The van der Waals surface area contributed by atoms with Crippen molar-refractivity contribution in [3.63, 3.8) is 0 Å². The van der Waals surface area contributed by atoms with Gasteiger partial charge >= 0.3 is 6.18 Å². The van der Waals surface area contributed by atoms with Gasteiger partial charge in [0.05, 0.1) is 5.56 Å². The molecule has 8 heteroatoms. The lowest BCUT2D eigenvalue weighted by Gasteiger charge is -2.17. The Morgan fingerprint density at radius 1 is 1.26 bits per heavy atom. The van der Waals surface area contributed by atoms with Crippen LogP contribution in [0.1, 0.15) is 22.3 Å². The lowest BCUT2D eigenvalue weighted by molar-refractivity contribution is -0.137. The maximum atomic E-state index is 12.5. The Morgan fingerprint density at radius 2 is 2.00 bits per heavy atom. The molecule has 2 aromatic rings. The standard InChI is InChI=1S/C19H20F3N3O2/c1-23-10-13-8-9-25(12-13)18(26)14-2-5-16(6-3-14)27-17-7-4-15(11-24-17)19(20,21)22/h2-7,11,13,23H,8-10,12H2,1H3. The van der Waals surface area contributed by atoms with E-state index in [1.807, 2.05) is 11.9 Å². The maximum absolute atomic E-state index is 12.5. The summed E-state index contributed by atoms with van der Waals surface area (Å²) >= 11 is 0. The van der Waals surface area contributed by atoms with E-state index in [4.69, 9.17) is 4.74 Å². The van der Waals surface area contributed by atoms with Gasteiger partial charge in [0.1, 0.15) is 5.75 Å². The van der Waals surface area contributed by atoms with Gasteiger partial charge in [-0.2, -0.15) is 13.2 Å². The van der Waals surface area contributed by atoms with Crippen LogP contribution in [0.25, 0.3) is 0 Å². The van der Waals surface area contributed by atoms with Crippen molar-refractivity contribution in [2.24, 2.45) is 5.92 Å². The molecule has 1 amide bonds. The zero-order valence-electron chi connectivity index (χ0n) is 14.8. The minimum absolute atomic E-state index is 0.0344. The van der Waals surface area contributed by atoms with E-state index in [1.54, 1.807) is 24.3 Å². The number of ether oxygens (including phenoxy) is 1. The lowest BCUT2D eigenvalue weighted by atomic mass is 10.1. The summed E-state index contributed by atoms with van der Waals surface area (Å²) in [7, 11) is 1.90. The van der Waals surface area contributed by atoms with Crippen LogP contribution >= 0.6 is 0 Å². The molecule has 2 heterocycles. The van der Waals surface area contributed by atoms with E-state index < -0.39 is 11.7 Å². The number of amides is 1. The first kappa shape index (κ1) is 19.2. The first-order valence-electron chi connectivity index (χ1n) is 8.62. The Morgan fingerprint density at radius 3 is 2.59 bits per heavy atom. The Bertz CT molecular complexity index is 776. The topological polar surface area (TPSA) is 54.5 Å². The molecule has 1 aromatic carbocycles. The van der Waals surface area contributed by atoms with Crippen LogP contribution in [0.5, 0.6) is 11.6 Å². The van der Waals surface area contributed by atoms with Crippen molar-refractivity contribution in [3.05, 3.63) is 53.7 Å². The number of carbonyl (C=O) groups is 1. The normalized spacial score (nSPS) is 17.2. The SMILES string of the molecule is CNCC1CCN(C(=O)c2ccc(Oc3ccc(C(F)(F)F)cn3)cc2)C1. The molecule has 27 heavy (non-hydrogen) atoms. The average molecular weight is 379 g/mol. The van der Waals surface area contributed by atoms with Crippen LogP contribution in [0.4, 0.5) is 13.2 Å². The van der Waals surface area contributed by atoms with Crippen LogP contribution in [0.15, 0.2) is 42.6 Å². The second-order valence-corrected chi connectivity index (χ2v) is 6.47. The predicted octanol–water partition coefficient (Wildman–Crippen LogP) is 3.57. The Kier molecular flexibility index (Phi) is 5.65. The number of hydrogen-bond acceptors (Lipinski definition) is 4. The minimum atomic E-state index is -4.44. The first-order valence-corrected chi connectivity index (χ1v) is 8.62. The molecule has 0 bridgehead atoms. The van der Waals surface area contributed by atoms with Crippen LogP contribution in [-0.4, -0.2) is 42.5 Å². The Hall–Kier alpha value is -2.61. The van der Waals surface area contributed by atoms with Crippen molar-refractivity contribution in [3.8, 4) is 11.6 Å². The number of likely N-dealkylation sites (tertiary alicyclic amines) is 1. The highest BCUT2D eigenvalue weighted by atomic mass is 19.4. The molecule has 5 nitrogen and oxygen atoms in total. The molecule has 1 aromatic heterocycles. The molecule has 1 aliphatic rings. The number of pyridine rings is 1. The number of halogens is 3. The van der Waals surface area contributed by atoms with Crippen LogP contribution in [0.3, 0.4) is 0 Å². The van der Waals surface area contributed by atoms with Crippen molar-refractivity contribution in [1.82, 2.24) is 15.2 Å². The van der Waals surface area contributed by atoms with Gasteiger partial charge in [-0.3, -0.25) is 4.79 Å². The van der Waals surface area contributed by atoms with E-state index >= 15 is 0 Å². The highest BCUT2D eigenvalue weighted by Gasteiger charge is 2.30. The second-order valence-electron chi connectivity index (χ2n) is 6.47. The van der Waals surface area contributed by atoms with E-state index in [2.05, 4.69) is 10.3 Å². The third-order valence-corrected chi connectivity index (χ3v) is 4.45. The van der Waals surface area contributed by atoms with Crippen LogP contribution in [-0.2, 0) is 6.18 Å². The van der Waals surface area contributed by atoms with Crippen LogP contribution in [0, 0.1) is 5.92 Å². The van der Waals surface area contributed by atoms with Gasteiger partial charge in [0.2, 0.25) is 5.88 Å². The minimum Gasteiger partial charge on any atom is -0.439 e. The molecule has 144 valence electrons. The van der Waals surface area contributed by atoms with Crippen molar-refractivity contribution >= 4 is 5.91 Å². The van der Waals surface area contributed by atoms with E-state index in [0.29, 0.717) is 17.2 Å². The zero-order chi connectivity index (χ0) is 19.4. The Labute approximate surface area is 155 Å². The molecule has 1 unspecified atom stereocenters. The summed E-state index contributed by atoms with van der Waals surface area (Å²) in [5.41, 5.74) is -0.286. The Balaban J connectivity index is 1.61. The first-order chi connectivity index (χ1) is 12.9. The van der Waals surface area contributed by atoms with Gasteiger partial charge in [0, 0.05) is 30.9 Å². The molecule has 0 aliphatic carbocycles. The quantitative estimate of drug-likeness (QED) is 0.863. The van der Waals surface area contributed by atoms with Crippen molar-refractivity contribution in [1.29, 1.82) is 0 Å². The summed E-state index contributed by atoms with van der Waals surface area (Å²) in [6, 6.07) is 8.57. The van der Waals surface area contributed by atoms with Crippen molar-refractivity contribution in [2.45, 2.75) is 12.6 Å². The van der Waals surface area contributed by atoms with Crippen LogP contribution in [0.2, 0.25) is 0 Å². The van der Waals surface area contributed by atoms with Gasteiger partial charge in [-0.25, -0.2) is 4.98 Å². The fourth-order valence-corrected chi connectivity index (χ4v) is 3.05.